The molecule has 1 aromatic carbocycles. The molecule has 1 aromatic heterocycles. The van der Waals surface area contributed by atoms with Crippen LogP contribution in [0.3, 0.4) is 0 Å². The molecular weight excluding hydrogens is 247 g/mol. The van der Waals surface area contributed by atoms with Gasteiger partial charge in [-0.2, -0.15) is 0 Å². The van der Waals surface area contributed by atoms with E-state index in [-0.39, 0.29) is 0 Å². The van der Waals surface area contributed by atoms with Crippen LogP contribution in [0, 0.1) is 6.92 Å². The Morgan fingerprint density at radius 3 is 2.56 bits per heavy atom. The highest BCUT2D eigenvalue weighted by Crippen LogP contribution is 2.29. The van der Waals surface area contributed by atoms with Crippen molar-refractivity contribution in [2.45, 2.75) is 6.92 Å². The summed E-state index contributed by atoms with van der Waals surface area (Å²) in [4.78, 5) is 0. The first-order valence-electron chi connectivity index (χ1n) is 4.58. The molecule has 0 saturated carbocycles. The van der Waals surface area contributed by atoms with Gasteiger partial charge in [0.15, 0.2) is 5.15 Å². The standard InChI is InChI=1S/C11H8Cl2N2O/c1-7-2-3-8(12)9(6-7)16-11-5-4-10(13)14-15-11/h2-6H,1H3. The summed E-state index contributed by atoms with van der Waals surface area (Å²) in [5.74, 6) is 0.912. The molecular formula is C11H8Cl2N2O. The van der Waals surface area contributed by atoms with Gasteiger partial charge < -0.3 is 4.74 Å². The number of benzene rings is 1. The van der Waals surface area contributed by atoms with E-state index in [1.807, 2.05) is 19.1 Å². The van der Waals surface area contributed by atoms with Crippen molar-refractivity contribution in [1.29, 1.82) is 0 Å². The monoisotopic (exact) mass is 254 g/mol. The average molecular weight is 255 g/mol. The molecule has 82 valence electrons. The number of aromatic nitrogens is 2. The van der Waals surface area contributed by atoms with E-state index in [4.69, 9.17) is 27.9 Å². The fraction of sp³-hybridized carbons (Fsp3) is 0.0909. The number of halogens is 2. The molecule has 2 rings (SSSR count). The number of aryl methyl sites for hydroxylation is 1. The van der Waals surface area contributed by atoms with E-state index in [2.05, 4.69) is 10.2 Å². The van der Waals surface area contributed by atoms with Gasteiger partial charge in [-0.1, -0.05) is 29.3 Å². The van der Waals surface area contributed by atoms with Crippen molar-refractivity contribution >= 4 is 23.2 Å². The summed E-state index contributed by atoms with van der Waals surface area (Å²) in [6.45, 7) is 1.96. The van der Waals surface area contributed by atoms with Gasteiger partial charge in [-0.3, -0.25) is 0 Å². The van der Waals surface area contributed by atoms with Gasteiger partial charge >= 0.3 is 0 Å². The summed E-state index contributed by atoms with van der Waals surface area (Å²) in [6.07, 6.45) is 0. The van der Waals surface area contributed by atoms with Gasteiger partial charge in [-0.05, 0) is 30.7 Å². The van der Waals surface area contributed by atoms with Crippen molar-refractivity contribution < 1.29 is 4.74 Å². The molecule has 0 aliphatic heterocycles. The SMILES string of the molecule is Cc1ccc(Cl)c(Oc2ccc(Cl)nn2)c1. The highest BCUT2D eigenvalue weighted by Gasteiger charge is 2.04. The molecule has 0 fully saturated rings. The predicted octanol–water partition coefficient (Wildman–Crippen LogP) is 3.88. The molecule has 1 heterocycles. The maximum absolute atomic E-state index is 5.98. The lowest BCUT2D eigenvalue weighted by molar-refractivity contribution is 0.455. The van der Waals surface area contributed by atoms with Crippen LogP contribution in [0.25, 0.3) is 0 Å². The summed E-state index contributed by atoms with van der Waals surface area (Å²) in [5.41, 5.74) is 1.06. The third-order valence-electron chi connectivity index (χ3n) is 1.91. The molecule has 0 radical (unpaired) electrons. The van der Waals surface area contributed by atoms with E-state index in [0.717, 1.165) is 5.56 Å². The maximum Gasteiger partial charge on any atom is 0.239 e. The lowest BCUT2D eigenvalue weighted by atomic mass is 10.2. The number of hydrogen-bond donors (Lipinski definition) is 0. The molecule has 0 aliphatic carbocycles. The smallest absolute Gasteiger partial charge is 0.239 e. The molecule has 0 atom stereocenters. The van der Waals surface area contributed by atoms with Gasteiger partial charge in [-0.15, -0.1) is 10.2 Å². The molecule has 0 unspecified atom stereocenters. The third-order valence-corrected chi connectivity index (χ3v) is 2.42. The van der Waals surface area contributed by atoms with Gasteiger partial charge in [0, 0.05) is 6.07 Å². The zero-order chi connectivity index (χ0) is 11.5. The number of hydrogen-bond acceptors (Lipinski definition) is 3. The van der Waals surface area contributed by atoms with E-state index >= 15 is 0 Å². The van der Waals surface area contributed by atoms with Crippen LogP contribution in [0.5, 0.6) is 11.6 Å². The summed E-state index contributed by atoms with van der Waals surface area (Å²) < 4.78 is 5.48. The highest BCUT2D eigenvalue weighted by molar-refractivity contribution is 6.32. The first kappa shape index (κ1) is 11.2. The van der Waals surface area contributed by atoms with Crippen LogP contribution in [-0.2, 0) is 0 Å². The molecule has 0 spiro atoms. The quantitative estimate of drug-likeness (QED) is 0.816. The molecule has 0 saturated heterocycles. The molecule has 5 heteroatoms. The summed E-state index contributed by atoms with van der Waals surface area (Å²) in [5, 5.41) is 8.31. The van der Waals surface area contributed by atoms with Gasteiger partial charge in [0.05, 0.1) is 5.02 Å². The Labute approximate surface area is 103 Å². The molecule has 0 aliphatic rings. The van der Waals surface area contributed by atoms with Crippen LogP contribution in [-0.4, -0.2) is 10.2 Å². The van der Waals surface area contributed by atoms with E-state index < -0.39 is 0 Å². The molecule has 0 amide bonds. The maximum atomic E-state index is 5.98. The third kappa shape index (κ3) is 2.62. The Hall–Kier alpha value is -1.32. The zero-order valence-electron chi connectivity index (χ0n) is 8.45. The van der Waals surface area contributed by atoms with E-state index in [0.29, 0.717) is 21.8 Å². The van der Waals surface area contributed by atoms with Crippen molar-refractivity contribution in [3.05, 3.63) is 46.1 Å². The Morgan fingerprint density at radius 2 is 1.88 bits per heavy atom. The predicted molar refractivity (Wildman–Crippen MR) is 63.3 cm³/mol. The summed E-state index contributed by atoms with van der Waals surface area (Å²) in [6, 6.07) is 8.75. The Morgan fingerprint density at radius 1 is 1.06 bits per heavy atom. The lowest BCUT2D eigenvalue weighted by Gasteiger charge is -2.06. The average Bonchev–Trinajstić information content (AvgIpc) is 2.27. The summed E-state index contributed by atoms with van der Waals surface area (Å²) >= 11 is 11.6. The van der Waals surface area contributed by atoms with Crippen molar-refractivity contribution in [2.75, 3.05) is 0 Å². The van der Waals surface area contributed by atoms with Crippen LogP contribution >= 0.6 is 23.2 Å². The van der Waals surface area contributed by atoms with Crippen LogP contribution < -0.4 is 4.74 Å². The number of rotatable bonds is 2. The molecule has 0 bridgehead atoms. The second-order valence-electron chi connectivity index (χ2n) is 3.23. The zero-order valence-corrected chi connectivity index (χ0v) is 9.96. The van der Waals surface area contributed by atoms with Gasteiger partial charge in [0.25, 0.3) is 0 Å². The van der Waals surface area contributed by atoms with Gasteiger partial charge in [0.2, 0.25) is 5.88 Å². The molecule has 3 nitrogen and oxygen atoms in total. The van der Waals surface area contributed by atoms with E-state index in [9.17, 15) is 0 Å². The van der Waals surface area contributed by atoms with Crippen molar-refractivity contribution in [3.8, 4) is 11.6 Å². The van der Waals surface area contributed by atoms with Gasteiger partial charge in [-0.25, -0.2) is 0 Å². The fourth-order valence-corrected chi connectivity index (χ4v) is 1.42. The van der Waals surface area contributed by atoms with E-state index in [1.165, 1.54) is 0 Å². The van der Waals surface area contributed by atoms with Gasteiger partial charge in [0.1, 0.15) is 5.75 Å². The minimum Gasteiger partial charge on any atom is -0.436 e. The first-order chi connectivity index (χ1) is 7.65. The number of nitrogens with zero attached hydrogens (tertiary/aromatic N) is 2. The Bertz CT molecular complexity index is 500. The normalized spacial score (nSPS) is 10.2. The Balaban J connectivity index is 2.26. The first-order valence-corrected chi connectivity index (χ1v) is 5.34. The van der Waals surface area contributed by atoms with Crippen LogP contribution in [0.4, 0.5) is 0 Å². The lowest BCUT2D eigenvalue weighted by Crippen LogP contribution is -1.91. The Kier molecular flexibility index (Phi) is 3.27. The van der Waals surface area contributed by atoms with Crippen molar-refractivity contribution in [1.82, 2.24) is 10.2 Å². The second-order valence-corrected chi connectivity index (χ2v) is 4.02. The van der Waals surface area contributed by atoms with Crippen molar-refractivity contribution in [3.63, 3.8) is 0 Å². The minimum absolute atomic E-state index is 0.322. The summed E-state index contributed by atoms with van der Waals surface area (Å²) in [7, 11) is 0. The molecule has 0 N–H and O–H groups in total. The molecule has 2 aromatic rings. The second kappa shape index (κ2) is 4.68. The van der Waals surface area contributed by atoms with E-state index in [1.54, 1.807) is 18.2 Å². The fourth-order valence-electron chi connectivity index (χ4n) is 1.16. The van der Waals surface area contributed by atoms with Crippen molar-refractivity contribution in [2.24, 2.45) is 0 Å². The largest absolute Gasteiger partial charge is 0.436 e. The molecule has 16 heavy (non-hydrogen) atoms. The minimum atomic E-state index is 0.322. The van der Waals surface area contributed by atoms with Crippen LogP contribution in [0.2, 0.25) is 10.2 Å². The highest BCUT2D eigenvalue weighted by atomic mass is 35.5. The number of ether oxygens (including phenoxy) is 1. The van der Waals surface area contributed by atoms with Crippen LogP contribution in [0.1, 0.15) is 5.56 Å². The van der Waals surface area contributed by atoms with Crippen LogP contribution in [0.15, 0.2) is 30.3 Å². The topological polar surface area (TPSA) is 35.0 Å².